The molecule has 2 rings (SSSR count). The molecule has 0 radical (unpaired) electrons. The average Bonchev–Trinajstić information content (AvgIpc) is 2.60. The van der Waals surface area contributed by atoms with Gasteiger partial charge in [-0.1, -0.05) is 12.1 Å². The molecule has 3 nitrogen and oxygen atoms in total. The van der Waals surface area contributed by atoms with E-state index in [1.807, 2.05) is 0 Å². The summed E-state index contributed by atoms with van der Waals surface area (Å²) in [6.45, 7) is 2.92. The monoisotopic (exact) mass is 194 g/mol. The Hall–Kier alpha value is -0.830. The third-order valence-corrected chi connectivity index (χ3v) is 3.14. The van der Waals surface area contributed by atoms with Crippen LogP contribution in [0.25, 0.3) is 0 Å². The van der Waals surface area contributed by atoms with E-state index < -0.39 is 0 Å². The van der Waals surface area contributed by atoms with Crippen LogP contribution in [-0.2, 0) is 19.3 Å². The van der Waals surface area contributed by atoms with Gasteiger partial charge in [0.05, 0.1) is 5.69 Å². The van der Waals surface area contributed by atoms with Crippen molar-refractivity contribution in [2.75, 3.05) is 6.54 Å². The molecule has 0 bridgehead atoms. The van der Waals surface area contributed by atoms with Gasteiger partial charge in [0.15, 0.2) is 0 Å². The maximum atomic E-state index is 5.56. The lowest BCUT2D eigenvalue weighted by atomic mass is 9.85. The van der Waals surface area contributed by atoms with E-state index in [0.29, 0.717) is 5.92 Å². The number of aromatic nitrogens is 1. The fraction of sp³-hybridized carbons (Fsp3) is 0.727. The average molecular weight is 194 g/mol. The highest BCUT2D eigenvalue weighted by atomic mass is 16.5. The molecule has 0 saturated carbocycles. The van der Waals surface area contributed by atoms with Gasteiger partial charge in [-0.25, -0.2) is 0 Å². The van der Waals surface area contributed by atoms with Gasteiger partial charge >= 0.3 is 0 Å². The molecule has 1 aromatic rings. The van der Waals surface area contributed by atoms with Crippen molar-refractivity contribution in [3.63, 3.8) is 0 Å². The number of nitrogens with zero attached hydrogens (tertiary/aromatic N) is 1. The summed E-state index contributed by atoms with van der Waals surface area (Å²) >= 11 is 0. The van der Waals surface area contributed by atoms with E-state index in [-0.39, 0.29) is 0 Å². The SMILES string of the molecule is CCc1noc2c1CCC(CCN)C2. The highest BCUT2D eigenvalue weighted by Crippen LogP contribution is 2.29. The zero-order valence-electron chi connectivity index (χ0n) is 8.75. The summed E-state index contributed by atoms with van der Waals surface area (Å²) in [6.07, 6.45) is 5.52. The van der Waals surface area contributed by atoms with Gasteiger partial charge in [0.25, 0.3) is 0 Å². The lowest BCUT2D eigenvalue weighted by Crippen LogP contribution is -2.17. The molecular weight excluding hydrogens is 176 g/mol. The van der Waals surface area contributed by atoms with E-state index in [1.165, 1.54) is 12.0 Å². The largest absolute Gasteiger partial charge is 0.361 e. The molecule has 14 heavy (non-hydrogen) atoms. The molecule has 1 heterocycles. The molecule has 0 aromatic carbocycles. The molecule has 1 aliphatic carbocycles. The number of fused-ring (bicyclic) bond motifs is 1. The van der Waals surface area contributed by atoms with E-state index in [9.17, 15) is 0 Å². The van der Waals surface area contributed by atoms with Crippen molar-refractivity contribution < 1.29 is 4.52 Å². The number of hydrogen-bond donors (Lipinski definition) is 1. The zero-order valence-corrected chi connectivity index (χ0v) is 8.75. The zero-order chi connectivity index (χ0) is 9.97. The molecule has 3 heteroatoms. The second-order valence-corrected chi connectivity index (χ2v) is 4.07. The smallest absolute Gasteiger partial charge is 0.140 e. The van der Waals surface area contributed by atoms with Crippen molar-refractivity contribution in [1.82, 2.24) is 5.16 Å². The van der Waals surface area contributed by atoms with Gasteiger partial charge in [-0.3, -0.25) is 0 Å². The van der Waals surface area contributed by atoms with Crippen LogP contribution in [0.5, 0.6) is 0 Å². The van der Waals surface area contributed by atoms with Gasteiger partial charge in [-0.15, -0.1) is 0 Å². The standard InChI is InChI=1S/C11H18N2O/c1-2-10-9-4-3-8(5-6-12)7-11(9)14-13-10/h8H,2-7,12H2,1H3. The first-order valence-corrected chi connectivity index (χ1v) is 5.51. The second kappa shape index (κ2) is 4.13. The maximum Gasteiger partial charge on any atom is 0.140 e. The highest BCUT2D eigenvalue weighted by Gasteiger charge is 2.24. The molecule has 1 aliphatic rings. The van der Waals surface area contributed by atoms with E-state index >= 15 is 0 Å². The summed E-state index contributed by atoms with van der Waals surface area (Å²) in [5, 5.41) is 4.10. The predicted octanol–water partition coefficient (Wildman–Crippen LogP) is 1.69. The Kier molecular flexibility index (Phi) is 2.87. The molecule has 0 saturated heterocycles. The first kappa shape index (κ1) is 9.71. The Balaban J connectivity index is 2.12. The summed E-state index contributed by atoms with van der Waals surface area (Å²) in [5.41, 5.74) is 8.10. The Labute approximate surface area is 84.7 Å². The van der Waals surface area contributed by atoms with Crippen LogP contribution < -0.4 is 5.73 Å². The summed E-state index contributed by atoms with van der Waals surface area (Å²) in [7, 11) is 0. The van der Waals surface area contributed by atoms with Gasteiger partial charge in [0, 0.05) is 12.0 Å². The molecule has 1 atom stereocenters. The molecule has 0 aliphatic heterocycles. The van der Waals surface area contributed by atoms with E-state index in [4.69, 9.17) is 10.3 Å². The lowest BCUT2D eigenvalue weighted by molar-refractivity contribution is 0.328. The minimum atomic E-state index is 0.713. The topological polar surface area (TPSA) is 52.0 Å². The quantitative estimate of drug-likeness (QED) is 0.796. The van der Waals surface area contributed by atoms with Gasteiger partial charge in [0.2, 0.25) is 0 Å². The third-order valence-electron chi connectivity index (χ3n) is 3.14. The van der Waals surface area contributed by atoms with Crippen LogP contribution in [0.15, 0.2) is 4.52 Å². The minimum absolute atomic E-state index is 0.713. The van der Waals surface area contributed by atoms with Gasteiger partial charge in [0.1, 0.15) is 5.76 Å². The molecule has 1 aromatic heterocycles. The second-order valence-electron chi connectivity index (χ2n) is 4.07. The first-order valence-electron chi connectivity index (χ1n) is 5.51. The number of aryl methyl sites for hydroxylation is 1. The third kappa shape index (κ3) is 1.69. The summed E-state index contributed by atoms with van der Waals surface area (Å²) < 4.78 is 5.36. The van der Waals surface area contributed by atoms with Crippen LogP contribution in [0.1, 0.15) is 36.8 Å². The normalized spacial score (nSPS) is 20.9. The Bertz CT molecular complexity index is 306. The first-order chi connectivity index (χ1) is 6.85. The number of rotatable bonds is 3. The fourth-order valence-electron chi connectivity index (χ4n) is 2.30. The van der Waals surface area contributed by atoms with Crippen LogP contribution in [0, 0.1) is 5.92 Å². The molecular formula is C11H18N2O. The Morgan fingerprint density at radius 1 is 1.57 bits per heavy atom. The summed E-state index contributed by atoms with van der Waals surface area (Å²) in [4.78, 5) is 0. The van der Waals surface area contributed by atoms with Crippen molar-refractivity contribution in [3.8, 4) is 0 Å². The predicted molar refractivity (Wildman–Crippen MR) is 55.1 cm³/mol. The molecule has 0 amide bonds. The van der Waals surface area contributed by atoms with Crippen molar-refractivity contribution in [3.05, 3.63) is 17.0 Å². The lowest BCUT2D eigenvalue weighted by Gasteiger charge is -2.19. The van der Waals surface area contributed by atoms with Gasteiger partial charge in [-0.05, 0) is 38.1 Å². The van der Waals surface area contributed by atoms with E-state index in [1.54, 1.807) is 0 Å². The minimum Gasteiger partial charge on any atom is -0.361 e. The van der Waals surface area contributed by atoms with Crippen LogP contribution in [0.2, 0.25) is 0 Å². The highest BCUT2D eigenvalue weighted by molar-refractivity contribution is 5.25. The fourth-order valence-corrected chi connectivity index (χ4v) is 2.30. The summed E-state index contributed by atoms with van der Waals surface area (Å²) in [5.74, 6) is 1.83. The Morgan fingerprint density at radius 2 is 2.43 bits per heavy atom. The summed E-state index contributed by atoms with van der Waals surface area (Å²) in [6, 6.07) is 0. The molecule has 0 fully saturated rings. The van der Waals surface area contributed by atoms with Crippen LogP contribution in [-0.4, -0.2) is 11.7 Å². The van der Waals surface area contributed by atoms with Crippen molar-refractivity contribution in [1.29, 1.82) is 0 Å². The van der Waals surface area contributed by atoms with E-state index in [0.717, 1.165) is 43.7 Å². The Morgan fingerprint density at radius 3 is 3.14 bits per heavy atom. The van der Waals surface area contributed by atoms with Crippen molar-refractivity contribution in [2.24, 2.45) is 11.7 Å². The number of nitrogens with two attached hydrogens (primary N) is 1. The van der Waals surface area contributed by atoms with E-state index in [2.05, 4.69) is 12.1 Å². The van der Waals surface area contributed by atoms with Crippen molar-refractivity contribution >= 4 is 0 Å². The molecule has 0 spiro atoms. The molecule has 1 unspecified atom stereocenters. The van der Waals surface area contributed by atoms with Crippen LogP contribution in [0.3, 0.4) is 0 Å². The molecule has 2 N–H and O–H groups in total. The van der Waals surface area contributed by atoms with Gasteiger partial charge < -0.3 is 10.3 Å². The van der Waals surface area contributed by atoms with Crippen LogP contribution >= 0.6 is 0 Å². The number of hydrogen-bond acceptors (Lipinski definition) is 3. The van der Waals surface area contributed by atoms with Crippen LogP contribution in [0.4, 0.5) is 0 Å². The van der Waals surface area contributed by atoms with Crippen molar-refractivity contribution in [2.45, 2.75) is 39.0 Å². The van der Waals surface area contributed by atoms with Gasteiger partial charge in [-0.2, -0.15) is 0 Å². The molecule has 78 valence electrons. The maximum absolute atomic E-state index is 5.56.